The third-order valence-electron chi connectivity index (χ3n) is 2.75. The lowest BCUT2D eigenvalue weighted by Crippen LogP contribution is -2.06. The molecule has 0 fully saturated rings. The number of carbonyl (C=O) groups excluding carboxylic acids is 1. The molecule has 0 amide bonds. The standard InChI is InChI=1S/C15H10BrF3O2/c16-13-8-11(17)5-4-9(13)7-14(20)10-2-1-3-12(6-10)21-15(18)19/h1-6,8,15H,7H2. The molecule has 2 nitrogen and oxygen atoms in total. The van der Waals surface area contributed by atoms with Crippen molar-refractivity contribution in [2.75, 3.05) is 0 Å². The minimum absolute atomic E-state index is 0.0268. The molecule has 0 atom stereocenters. The van der Waals surface area contributed by atoms with Crippen LogP contribution in [-0.4, -0.2) is 12.4 Å². The number of ketones is 1. The zero-order valence-corrected chi connectivity index (χ0v) is 12.2. The van der Waals surface area contributed by atoms with Crippen molar-refractivity contribution in [3.8, 4) is 5.75 Å². The van der Waals surface area contributed by atoms with Crippen molar-refractivity contribution in [1.82, 2.24) is 0 Å². The number of benzene rings is 2. The van der Waals surface area contributed by atoms with Crippen molar-refractivity contribution >= 4 is 21.7 Å². The molecule has 0 spiro atoms. The van der Waals surface area contributed by atoms with Crippen LogP contribution < -0.4 is 4.74 Å². The van der Waals surface area contributed by atoms with Gasteiger partial charge in [0.25, 0.3) is 0 Å². The normalized spacial score (nSPS) is 10.7. The molecule has 0 aromatic heterocycles. The molecule has 21 heavy (non-hydrogen) atoms. The molecule has 2 aromatic carbocycles. The molecular formula is C15H10BrF3O2. The van der Waals surface area contributed by atoms with Gasteiger partial charge in [0.2, 0.25) is 0 Å². The van der Waals surface area contributed by atoms with E-state index in [1.165, 1.54) is 42.5 Å². The number of hydrogen-bond acceptors (Lipinski definition) is 2. The number of halogens is 4. The van der Waals surface area contributed by atoms with Gasteiger partial charge in [-0.25, -0.2) is 4.39 Å². The number of rotatable bonds is 5. The van der Waals surface area contributed by atoms with E-state index >= 15 is 0 Å². The average molecular weight is 359 g/mol. The molecule has 0 N–H and O–H groups in total. The van der Waals surface area contributed by atoms with Gasteiger partial charge in [0, 0.05) is 16.5 Å². The highest BCUT2D eigenvalue weighted by atomic mass is 79.9. The van der Waals surface area contributed by atoms with Crippen molar-refractivity contribution in [2.45, 2.75) is 13.0 Å². The predicted molar refractivity (Wildman–Crippen MR) is 75.2 cm³/mol. The van der Waals surface area contributed by atoms with Gasteiger partial charge in [-0.2, -0.15) is 8.78 Å². The van der Waals surface area contributed by atoms with Crippen LogP contribution in [0.3, 0.4) is 0 Å². The molecule has 0 bridgehead atoms. The average Bonchev–Trinajstić information content (AvgIpc) is 2.41. The first-order valence-electron chi connectivity index (χ1n) is 5.97. The molecule has 0 aliphatic heterocycles. The van der Waals surface area contributed by atoms with Crippen LogP contribution in [0.15, 0.2) is 46.9 Å². The van der Waals surface area contributed by atoms with Gasteiger partial charge in [-0.15, -0.1) is 0 Å². The Kier molecular flexibility index (Phi) is 5.01. The Bertz CT molecular complexity index is 659. The summed E-state index contributed by atoms with van der Waals surface area (Å²) < 4.78 is 42.0. The maximum Gasteiger partial charge on any atom is 0.387 e. The Balaban J connectivity index is 2.16. The van der Waals surface area contributed by atoms with Crippen molar-refractivity contribution in [3.05, 3.63) is 63.9 Å². The van der Waals surface area contributed by atoms with E-state index in [1.54, 1.807) is 0 Å². The molecule has 6 heteroatoms. The van der Waals surface area contributed by atoms with Crippen LogP contribution in [0.2, 0.25) is 0 Å². The number of alkyl halides is 2. The van der Waals surface area contributed by atoms with Gasteiger partial charge >= 0.3 is 6.61 Å². The SMILES string of the molecule is O=C(Cc1ccc(F)cc1Br)c1cccc(OC(F)F)c1. The molecule has 0 aliphatic rings. The van der Waals surface area contributed by atoms with Gasteiger partial charge in [-0.05, 0) is 29.8 Å². The van der Waals surface area contributed by atoms with Crippen LogP contribution in [0.4, 0.5) is 13.2 Å². The highest BCUT2D eigenvalue weighted by molar-refractivity contribution is 9.10. The molecule has 0 unspecified atom stereocenters. The predicted octanol–water partition coefficient (Wildman–Crippen LogP) is 4.62. The van der Waals surface area contributed by atoms with Crippen LogP contribution in [0.5, 0.6) is 5.75 Å². The van der Waals surface area contributed by atoms with Crippen LogP contribution in [0.25, 0.3) is 0 Å². The third-order valence-corrected chi connectivity index (χ3v) is 3.49. The van der Waals surface area contributed by atoms with E-state index in [2.05, 4.69) is 20.7 Å². The fourth-order valence-corrected chi connectivity index (χ4v) is 2.28. The molecule has 0 aliphatic carbocycles. The van der Waals surface area contributed by atoms with E-state index in [1.807, 2.05) is 0 Å². The largest absolute Gasteiger partial charge is 0.435 e. The van der Waals surface area contributed by atoms with Crippen LogP contribution in [-0.2, 0) is 6.42 Å². The molecule has 2 aromatic rings. The smallest absolute Gasteiger partial charge is 0.387 e. The van der Waals surface area contributed by atoms with Crippen LogP contribution in [0.1, 0.15) is 15.9 Å². The number of ether oxygens (including phenoxy) is 1. The third kappa shape index (κ3) is 4.32. The molecular weight excluding hydrogens is 349 g/mol. The van der Waals surface area contributed by atoms with Crippen molar-refractivity contribution < 1.29 is 22.7 Å². The Morgan fingerprint density at radius 1 is 1.19 bits per heavy atom. The summed E-state index contributed by atoms with van der Waals surface area (Å²) in [6.07, 6.45) is 0.0268. The van der Waals surface area contributed by atoms with Gasteiger partial charge in [-0.1, -0.05) is 34.1 Å². The zero-order chi connectivity index (χ0) is 15.4. The van der Waals surface area contributed by atoms with Crippen molar-refractivity contribution in [2.24, 2.45) is 0 Å². The van der Waals surface area contributed by atoms with E-state index in [0.717, 1.165) is 0 Å². The van der Waals surface area contributed by atoms with E-state index in [4.69, 9.17) is 0 Å². The lowest BCUT2D eigenvalue weighted by molar-refractivity contribution is -0.0498. The van der Waals surface area contributed by atoms with Gasteiger partial charge in [0.1, 0.15) is 11.6 Å². The highest BCUT2D eigenvalue weighted by Gasteiger charge is 2.12. The molecule has 0 saturated heterocycles. The van der Waals surface area contributed by atoms with Crippen molar-refractivity contribution in [3.63, 3.8) is 0 Å². The summed E-state index contributed by atoms with van der Waals surface area (Å²) in [5.74, 6) is -0.763. The summed E-state index contributed by atoms with van der Waals surface area (Å²) in [4.78, 5) is 12.1. The van der Waals surface area contributed by atoms with Crippen LogP contribution >= 0.6 is 15.9 Å². The first kappa shape index (κ1) is 15.6. The molecule has 0 radical (unpaired) electrons. The molecule has 110 valence electrons. The van der Waals surface area contributed by atoms with E-state index in [-0.39, 0.29) is 23.5 Å². The summed E-state index contributed by atoms with van der Waals surface area (Å²) >= 11 is 3.18. The zero-order valence-electron chi connectivity index (χ0n) is 10.7. The first-order valence-corrected chi connectivity index (χ1v) is 6.77. The van der Waals surface area contributed by atoms with Gasteiger partial charge < -0.3 is 4.74 Å². The summed E-state index contributed by atoms with van der Waals surface area (Å²) in [6, 6.07) is 9.59. The number of carbonyl (C=O) groups is 1. The fraction of sp³-hybridized carbons (Fsp3) is 0.133. The van der Waals surface area contributed by atoms with E-state index in [0.29, 0.717) is 10.0 Å². The summed E-state index contributed by atoms with van der Waals surface area (Å²) in [6.45, 7) is -2.94. The fourth-order valence-electron chi connectivity index (χ4n) is 1.79. The maximum absolute atomic E-state index is 13.0. The minimum atomic E-state index is -2.94. The Hall–Kier alpha value is -1.82. The number of Topliss-reactive ketones (excluding diaryl/α,β-unsaturated/α-hetero) is 1. The quantitative estimate of drug-likeness (QED) is 0.729. The minimum Gasteiger partial charge on any atom is -0.435 e. The second-order valence-corrected chi connectivity index (χ2v) is 5.10. The summed E-state index contributed by atoms with van der Waals surface area (Å²) in [5.41, 5.74) is 0.867. The Morgan fingerprint density at radius 3 is 2.62 bits per heavy atom. The summed E-state index contributed by atoms with van der Waals surface area (Å²) in [7, 11) is 0. The highest BCUT2D eigenvalue weighted by Crippen LogP contribution is 2.21. The van der Waals surface area contributed by atoms with Crippen LogP contribution in [0, 0.1) is 5.82 Å². The van der Waals surface area contributed by atoms with Gasteiger partial charge in [-0.3, -0.25) is 4.79 Å². The topological polar surface area (TPSA) is 26.3 Å². The Morgan fingerprint density at radius 2 is 1.95 bits per heavy atom. The second kappa shape index (κ2) is 6.76. The Labute approximate surface area is 127 Å². The van der Waals surface area contributed by atoms with E-state index in [9.17, 15) is 18.0 Å². The maximum atomic E-state index is 13.0. The number of hydrogen-bond donors (Lipinski definition) is 0. The lowest BCUT2D eigenvalue weighted by Gasteiger charge is -2.07. The van der Waals surface area contributed by atoms with E-state index < -0.39 is 12.4 Å². The van der Waals surface area contributed by atoms with Crippen molar-refractivity contribution in [1.29, 1.82) is 0 Å². The molecule has 2 rings (SSSR count). The molecule has 0 saturated carbocycles. The second-order valence-electron chi connectivity index (χ2n) is 4.24. The summed E-state index contributed by atoms with van der Waals surface area (Å²) in [5, 5.41) is 0. The monoisotopic (exact) mass is 358 g/mol. The van der Waals surface area contributed by atoms with Gasteiger partial charge in [0.05, 0.1) is 0 Å². The van der Waals surface area contributed by atoms with Gasteiger partial charge in [0.15, 0.2) is 5.78 Å². The lowest BCUT2D eigenvalue weighted by atomic mass is 10.0. The first-order chi connectivity index (χ1) is 9.95. The molecule has 0 heterocycles.